The minimum atomic E-state index is -0.289. The molecule has 2 heterocycles. The van der Waals surface area contributed by atoms with E-state index in [1.807, 2.05) is 30.1 Å². The summed E-state index contributed by atoms with van der Waals surface area (Å²) >= 11 is 0. The molecule has 0 aliphatic carbocycles. The topological polar surface area (TPSA) is 41.9 Å². The SMILES string of the molecule is CN(CCc1ccccn1)c1ncnc2cc(F)ccc12. The predicted molar refractivity (Wildman–Crippen MR) is 80.7 cm³/mol. The maximum absolute atomic E-state index is 13.3. The van der Waals surface area contributed by atoms with Crippen LogP contribution in [0.2, 0.25) is 0 Å². The predicted octanol–water partition coefficient (Wildman–Crippen LogP) is 2.84. The van der Waals surface area contributed by atoms with Crippen molar-refractivity contribution in [3.8, 4) is 0 Å². The van der Waals surface area contributed by atoms with E-state index in [-0.39, 0.29) is 5.82 Å². The molecule has 1 aromatic carbocycles. The molecule has 3 aromatic rings. The summed E-state index contributed by atoms with van der Waals surface area (Å²) in [5, 5.41) is 0.849. The molecule has 4 nitrogen and oxygen atoms in total. The van der Waals surface area contributed by atoms with Gasteiger partial charge in [-0.1, -0.05) is 6.07 Å². The van der Waals surface area contributed by atoms with Crippen molar-refractivity contribution in [1.82, 2.24) is 15.0 Å². The highest BCUT2D eigenvalue weighted by Crippen LogP contribution is 2.22. The minimum absolute atomic E-state index is 0.289. The lowest BCUT2D eigenvalue weighted by molar-refractivity contribution is 0.629. The van der Waals surface area contributed by atoms with Gasteiger partial charge in [0.15, 0.2) is 0 Å². The average molecular weight is 282 g/mol. The van der Waals surface area contributed by atoms with E-state index in [4.69, 9.17) is 0 Å². The van der Waals surface area contributed by atoms with Gasteiger partial charge in [-0.05, 0) is 24.3 Å². The third-order valence-corrected chi connectivity index (χ3v) is 3.37. The number of benzene rings is 1. The van der Waals surface area contributed by atoms with Crippen molar-refractivity contribution >= 4 is 16.7 Å². The molecule has 0 bridgehead atoms. The van der Waals surface area contributed by atoms with Gasteiger partial charge in [0.05, 0.1) is 5.52 Å². The largest absolute Gasteiger partial charge is 0.359 e. The molecule has 0 spiro atoms. The fourth-order valence-electron chi connectivity index (χ4n) is 2.25. The smallest absolute Gasteiger partial charge is 0.139 e. The Hall–Kier alpha value is -2.56. The van der Waals surface area contributed by atoms with Crippen LogP contribution in [0.3, 0.4) is 0 Å². The summed E-state index contributed by atoms with van der Waals surface area (Å²) in [6, 6.07) is 10.5. The van der Waals surface area contributed by atoms with Gasteiger partial charge in [-0.15, -0.1) is 0 Å². The molecule has 0 N–H and O–H groups in total. The molecule has 0 unspecified atom stereocenters. The van der Waals surface area contributed by atoms with Crippen LogP contribution in [0.5, 0.6) is 0 Å². The quantitative estimate of drug-likeness (QED) is 0.738. The Balaban J connectivity index is 1.83. The standard InChI is InChI=1S/C16H15FN4/c1-21(9-7-13-4-2-3-8-18-13)16-14-6-5-12(17)10-15(14)19-11-20-16/h2-6,8,10-11H,7,9H2,1H3. The van der Waals surface area contributed by atoms with Crippen molar-refractivity contribution in [1.29, 1.82) is 0 Å². The first kappa shape index (κ1) is 13.4. The number of aromatic nitrogens is 3. The summed E-state index contributed by atoms with van der Waals surface area (Å²) in [5.41, 5.74) is 1.65. The second-order valence-corrected chi connectivity index (χ2v) is 4.85. The van der Waals surface area contributed by atoms with E-state index in [0.29, 0.717) is 5.52 Å². The van der Waals surface area contributed by atoms with E-state index in [1.165, 1.54) is 18.5 Å². The summed E-state index contributed by atoms with van der Waals surface area (Å²) in [6.45, 7) is 0.778. The van der Waals surface area contributed by atoms with Gasteiger partial charge in [0.25, 0.3) is 0 Å². The number of hydrogen-bond acceptors (Lipinski definition) is 4. The first-order valence-corrected chi connectivity index (χ1v) is 6.75. The molecule has 5 heteroatoms. The van der Waals surface area contributed by atoms with Crippen molar-refractivity contribution in [2.45, 2.75) is 6.42 Å². The van der Waals surface area contributed by atoms with Gasteiger partial charge in [-0.25, -0.2) is 14.4 Å². The van der Waals surface area contributed by atoms with Crippen molar-refractivity contribution in [2.24, 2.45) is 0 Å². The lowest BCUT2D eigenvalue weighted by atomic mass is 10.2. The lowest BCUT2D eigenvalue weighted by Gasteiger charge is -2.19. The number of halogens is 1. The van der Waals surface area contributed by atoms with Gasteiger partial charge < -0.3 is 4.90 Å². The number of fused-ring (bicyclic) bond motifs is 1. The van der Waals surface area contributed by atoms with Gasteiger partial charge in [-0.3, -0.25) is 4.98 Å². The van der Waals surface area contributed by atoms with Crippen LogP contribution in [-0.2, 0) is 6.42 Å². The van der Waals surface area contributed by atoms with Gasteiger partial charge >= 0.3 is 0 Å². The number of anilines is 1. The van der Waals surface area contributed by atoms with Crippen LogP contribution in [0.4, 0.5) is 10.2 Å². The summed E-state index contributed by atoms with van der Waals surface area (Å²) in [7, 11) is 1.97. The van der Waals surface area contributed by atoms with Gasteiger partial charge in [0.1, 0.15) is 18.0 Å². The van der Waals surface area contributed by atoms with E-state index >= 15 is 0 Å². The van der Waals surface area contributed by atoms with Crippen molar-refractivity contribution < 1.29 is 4.39 Å². The maximum atomic E-state index is 13.3. The van der Waals surface area contributed by atoms with Crippen LogP contribution < -0.4 is 4.90 Å². The summed E-state index contributed by atoms with van der Waals surface area (Å²) in [6.07, 6.45) is 4.08. The molecule has 0 atom stereocenters. The molecule has 106 valence electrons. The van der Waals surface area contributed by atoms with E-state index in [1.54, 1.807) is 12.3 Å². The summed E-state index contributed by atoms with van der Waals surface area (Å²) in [4.78, 5) is 14.8. The molecule has 0 saturated carbocycles. The molecule has 0 aliphatic rings. The summed E-state index contributed by atoms with van der Waals surface area (Å²) in [5.74, 6) is 0.513. The highest BCUT2D eigenvalue weighted by molar-refractivity contribution is 5.89. The van der Waals surface area contributed by atoms with Crippen molar-refractivity contribution in [3.63, 3.8) is 0 Å². The zero-order chi connectivity index (χ0) is 14.7. The number of nitrogens with zero attached hydrogens (tertiary/aromatic N) is 4. The lowest BCUT2D eigenvalue weighted by Crippen LogP contribution is -2.22. The van der Waals surface area contributed by atoms with Gasteiger partial charge in [-0.2, -0.15) is 0 Å². The molecule has 0 saturated heterocycles. The molecule has 3 rings (SSSR count). The highest BCUT2D eigenvalue weighted by Gasteiger charge is 2.09. The molecule has 21 heavy (non-hydrogen) atoms. The average Bonchev–Trinajstić information content (AvgIpc) is 2.52. The number of likely N-dealkylation sites (N-methyl/N-ethyl adjacent to an activating group) is 1. The first-order chi connectivity index (χ1) is 10.2. The molecule has 2 aromatic heterocycles. The van der Waals surface area contributed by atoms with E-state index in [9.17, 15) is 4.39 Å². The van der Waals surface area contributed by atoms with Crippen LogP contribution >= 0.6 is 0 Å². The zero-order valence-electron chi connectivity index (χ0n) is 11.7. The third-order valence-electron chi connectivity index (χ3n) is 3.37. The number of pyridine rings is 1. The Morgan fingerprint density at radius 3 is 2.81 bits per heavy atom. The Labute approximate surface area is 122 Å². The van der Waals surface area contributed by atoms with Crippen LogP contribution in [0.1, 0.15) is 5.69 Å². The second kappa shape index (κ2) is 5.83. The van der Waals surface area contributed by atoms with Crippen LogP contribution in [0.25, 0.3) is 10.9 Å². The Morgan fingerprint density at radius 1 is 1.10 bits per heavy atom. The van der Waals surface area contributed by atoms with E-state index in [2.05, 4.69) is 15.0 Å². The zero-order valence-corrected chi connectivity index (χ0v) is 11.7. The van der Waals surface area contributed by atoms with E-state index in [0.717, 1.165) is 29.9 Å². The maximum Gasteiger partial charge on any atom is 0.139 e. The molecular formula is C16H15FN4. The number of hydrogen-bond donors (Lipinski definition) is 0. The first-order valence-electron chi connectivity index (χ1n) is 6.75. The summed E-state index contributed by atoms with van der Waals surface area (Å²) < 4.78 is 13.3. The van der Waals surface area contributed by atoms with Crippen LogP contribution in [-0.4, -0.2) is 28.5 Å². The second-order valence-electron chi connectivity index (χ2n) is 4.85. The van der Waals surface area contributed by atoms with Crippen LogP contribution in [0, 0.1) is 5.82 Å². The van der Waals surface area contributed by atoms with Gasteiger partial charge in [0.2, 0.25) is 0 Å². The van der Waals surface area contributed by atoms with Gasteiger partial charge in [0, 0.05) is 43.4 Å². The molecule has 0 radical (unpaired) electrons. The third kappa shape index (κ3) is 2.97. The Bertz CT molecular complexity index is 746. The molecule has 0 fully saturated rings. The molecular weight excluding hydrogens is 267 g/mol. The fourth-order valence-corrected chi connectivity index (χ4v) is 2.25. The normalized spacial score (nSPS) is 10.8. The fraction of sp³-hybridized carbons (Fsp3) is 0.188. The highest BCUT2D eigenvalue weighted by atomic mass is 19.1. The molecule has 0 aliphatic heterocycles. The Kier molecular flexibility index (Phi) is 3.73. The van der Waals surface area contributed by atoms with E-state index < -0.39 is 0 Å². The van der Waals surface area contributed by atoms with Crippen molar-refractivity contribution in [3.05, 3.63) is 60.4 Å². The van der Waals surface area contributed by atoms with Crippen molar-refractivity contribution in [2.75, 3.05) is 18.5 Å². The van der Waals surface area contributed by atoms with Crippen LogP contribution in [0.15, 0.2) is 48.9 Å². The number of rotatable bonds is 4. The minimum Gasteiger partial charge on any atom is -0.359 e. The monoisotopic (exact) mass is 282 g/mol. The molecule has 0 amide bonds. The Morgan fingerprint density at radius 2 is 2.00 bits per heavy atom.